The second-order valence-electron chi connectivity index (χ2n) is 3.92. The fraction of sp³-hybridized carbons (Fsp3) is 0.214. The van der Waals surface area contributed by atoms with Gasteiger partial charge in [0.15, 0.2) is 0 Å². The average Bonchev–Trinajstić information content (AvgIpc) is 2.39. The molecule has 5 nitrogen and oxygen atoms in total. The van der Waals surface area contributed by atoms with Gasteiger partial charge in [0.05, 0.1) is 0 Å². The van der Waals surface area contributed by atoms with E-state index in [1.54, 1.807) is 12.1 Å². The van der Waals surface area contributed by atoms with Crippen LogP contribution in [-0.2, 0) is 9.59 Å². The summed E-state index contributed by atoms with van der Waals surface area (Å²) in [6.45, 7) is 3.37. The molecule has 0 aliphatic heterocycles. The number of benzene rings is 1. The van der Waals surface area contributed by atoms with Crippen LogP contribution in [0.25, 0.3) is 0 Å². The van der Waals surface area contributed by atoms with Gasteiger partial charge in [-0.05, 0) is 37.1 Å². The minimum Gasteiger partial charge on any atom is -0.478 e. The van der Waals surface area contributed by atoms with Crippen LogP contribution in [0.1, 0.15) is 29.6 Å². The summed E-state index contributed by atoms with van der Waals surface area (Å²) >= 11 is 0. The molecule has 0 aliphatic carbocycles. The van der Waals surface area contributed by atoms with Gasteiger partial charge in [-0.15, -0.1) is 0 Å². The van der Waals surface area contributed by atoms with E-state index in [4.69, 9.17) is 9.84 Å². The van der Waals surface area contributed by atoms with E-state index >= 15 is 0 Å². The van der Waals surface area contributed by atoms with Crippen molar-refractivity contribution < 1.29 is 24.2 Å². The van der Waals surface area contributed by atoms with Gasteiger partial charge in [0.1, 0.15) is 12.0 Å². The Morgan fingerprint density at radius 2 is 1.84 bits per heavy atom. The summed E-state index contributed by atoms with van der Waals surface area (Å²) in [6, 6.07) is 6.14. The molecule has 0 aromatic heterocycles. The minimum absolute atomic E-state index is 0.0723. The zero-order valence-electron chi connectivity index (χ0n) is 10.3. The third kappa shape index (κ3) is 5.16. The normalized spacial score (nSPS) is 9.68. The molecule has 0 unspecified atom stereocenters. The van der Waals surface area contributed by atoms with Crippen molar-refractivity contribution in [3.63, 3.8) is 0 Å². The van der Waals surface area contributed by atoms with Crippen molar-refractivity contribution in [3.05, 3.63) is 42.0 Å². The highest BCUT2D eigenvalue weighted by molar-refractivity contribution is 5.85. The van der Waals surface area contributed by atoms with Crippen molar-refractivity contribution in [1.82, 2.24) is 0 Å². The molecular formula is C14H14O5. The molecule has 0 saturated carbocycles. The Hall–Kier alpha value is -2.43. The Balaban J connectivity index is 2.36. The van der Waals surface area contributed by atoms with Gasteiger partial charge in [-0.3, -0.25) is 9.59 Å². The largest absolute Gasteiger partial charge is 0.478 e. The first-order valence-corrected chi connectivity index (χ1v) is 5.70. The molecular weight excluding hydrogens is 248 g/mol. The Bertz CT molecular complexity index is 487. The Labute approximate surface area is 110 Å². The molecule has 19 heavy (non-hydrogen) atoms. The monoisotopic (exact) mass is 262 g/mol. The molecule has 0 saturated heterocycles. The molecule has 0 amide bonds. The van der Waals surface area contributed by atoms with Crippen LogP contribution in [0.15, 0.2) is 36.4 Å². The van der Waals surface area contributed by atoms with Gasteiger partial charge in [0, 0.05) is 17.6 Å². The van der Waals surface area contributed by atoms with Gasteiger partial charge in [-0.1, -0.05) is 6.58 Å². The van der Waals surface area contributed by atoms with E-state index < -0.39 is 11.9 Å². The molecule has 0 fully saturated rings. The first kappa shape index (κ1) is 14.6. The van der Waals surface area contributed by atoms with Crippen molar-refractivity contribution in [2.75, 3.05) is 0 Å². The lowest BCUT2D eigenvalue weighted by atomic mass is 10.1. The number of esters is 1. The Morgan fingerprint density at radius 1 is 1.21 bits per heavy atom. The number of aliphatic carboxylic acids is 1. The van der Waals surface area contributed by atoms with Crippen molar-refractivity contribution in [1.29, 1.82) is 0 Å². The number of hydrogen-bond acceptors (Lipinski definition) is 4. The summed E-state index contributed by atoms with van der Waals surface area (Å²) in [6.07, 6.45) is 1.43. The molecule has 1 aromatic carbocycles. The molecule has 0 spiro atoms. The summed E-state index contributed by atoms with van der Waals surface area (Å²) in [5, 5.41) is 8.59. The maximum Gasteiger partial charge on any atom is 0.330 e. The van der Waals surface area contributed by atoms with Crippen LogP contribution in [0, 0.1) is 0 Å². The molecule has 1 aromatic rings. The SMILES string of the molecule is C=C(CCCC(=O)Oc1ccc(C=O)cc1)C(=O)O. The third-order valence-corrected chi connectivity index (χ3v) is 2.41. The smallest absolute Gasteiger partial charge is 0.330 e. The number of ether oxygens (including phenoxy) is 1. The van der Waals surface area contributed by atoms with E-state index in [0.717, 1.165) is 0 Å². The molecule has 5 heteroatoms. The molecule has 1 rings (SSSR count). The molecule has 0 radical (unpaired) electrons. The number of carbonyl (C=O) groups is 3. The first-order chi connectivity index (χ1) is 9.02. The predicted octanol–water partition coefficient (Wildman–Crippen LogP) is 2.22. The Morgan fingerprint density at radius 3 is 2.37 bits per heavy atom. The van der Waals surface area contributed by atoms with Crippen LogP contribution in [0.4, 0.5) is 0 Å². The van der Waals surface area contributed by atoms with E-state index in [9.17, 15) is 14.4 Å². The maximum absolute atomic E-state index is 11.4. The summed E-state index contributed by atoms with van der Waals surface area (Å²) < 4.78 is 5.02. The Kier molecular flexibility index (Phi) is 5.47. The highest BCUT2D eigenvalue weighted by Gasteiger charge is 2.08. The summed E-state index contributed by atoms with van der Waals surface area (Å²) in [5.74, 6) is -1.15. The average molecular weight is 262 g/mol. The van der Waals surface area contributed by atoms with Crippen LogP contribution in [0.2, 0.25) is 0 Å². The van der Waals surface area contributed by atoms with E-state index in [2.05, 4.69) is 6.58 Å². The van der Waals surface area contributed by atoms with Crippen molar-refractivity contribution in [3.8, 4) is 5.75 Å². The van der Waals surface area contributed by atoms with Crippen molar-refractivity contribution >= 4 is 18.2 Å². The topological polar surface area (TPSA) is 80.7 Å². The highest BCUT2D eigenvalue weighted by Crippen LogP contribution is 2.13. The molecule has 0 aliphatic rings. The van der Waals surface area contributed by atoms with Gasteiger partial charge < -0.3 is 9.84 Å². The quantitative estimate of drug-likeness (QED) is 0.352. The lowest BCUT2D eigenvalue weighted by Crippen LogP contribution is -2.08. The second kappa shape index (κ2) is 7.10. The molecule has 0 atom stereocenters. The number of aldehydes is 1. The number of rotatable bonds is 7. The van der Waals surface area contributed by atoms with Gasteiger partial charge in [0.25, 0.3) is 0 Å². The zero-order chi connectivity index (χ0) is 14.3. The molecule has 100 valence electrons. The third-order valence-electron chi connectivity index (χ3n) is 2.41. The summed E-state index contributed by atoms with van der Waals surface area (Å²) in [7, 11) is 0. The van der Waals surface area contributed by atoms with Crippen molar-refractivity contribution in [2.24, 2.45) is 0 Å². The standard InChI is InChI=1S/C14H14O5/c1-10(14(17)18)3-2-4-13(16)19-12-7-5-11(9-15)6-8-12/h5-9H,1-4H2,(H,17,18). The van der Waals surface area contributed by atoms with E-state index in [-0.39, 0.29) is 18.4 Å². The van der Waals surface area contributed by atoms with Crippen LogP contribution >= 0.6 is 0 Å². The molecule has 0 heterocycles. The first-order valence-electron chi connectivity index (χ1n) is 5.70. The lowest BCUT2D eigenvalue weighted by molar-refractivity contribution is -0.135. The van der Waals surface area contributed by atoms with Crippen LogP contribution in [-0.4, -0.2) is 23.3 Å². The number of carbonyl (C=O) groups excluding carboxylic acids is 2. The lowest BCUT2D eigenvalue weighted by Gasteiger charge is -2.04. The predicted molar refractivity (Wildman–Crippen MR) is 68.1 cm³/mol. The molecule has 0 bridgehead atoms. The summed E-state index contributed by atoms with van der Waals surface area (Å²) in [5.41, 5.74) is 0.570. The number of carboxylic acid groups (broad SMARTS) is 1. The van der Waals surface area contributed by atoms with Gasteiger partial charge >= 0.3 is 11.9 Å². The highest BCUT2D eigenvalue weighted by atomic mass is 16.5. The maximum atomic E-state index is 11.4. The van der Waals surface area contributed by atoms with E-state index in [0.29, 0.717) is 24.0 Å². The van der Waals surface area contributed by atoms with Gasteiger partial charge in [-0.25, -0.2) is 4.79 Å². The van der Waals surface area contributed by atoms with Crippen LogP contribution < -0.4 is 4.74 Å². The van der Waals surface area contributed by atoms with Gasteiger partial charge in [-0.2, -0.15) is 0 Å². The van der Waals surface area contributed by atoms with E-state index in [1.165, 1.54) is 12.1 Å². The fourth-order valence-electron chi connectivity index (χ4n) is 1.35. The van der Waals surface area contributed by atoms with Crippen molar-refractivity contribution in [2.45, 2.75) is 19.3 Å². The fourth-order valence-corrected chi connectivity index (χ4v) is 1.35. The zero-order valence-corrected chi connectivity index (χ0v) is 10.3. The summed E-state index contributed by atoms with van der Waals surface area (Å²) in [4.78, 5) is 32.4. The second-order valence-corrected chi connectivity index (χ2v) is 3.92. The van der Waals surface area contributed by atoms with Crippen LogP contribution in [0.5, 0.6) is 5.75 Å². The molecule has 1 N–H and O–H groups in total. The number of hydrogen-bond donors (Lipinski definition) is 1. The number of carboxylic acids is 1. The van der Waals surface area contributed by atoms with Gasteiger partial charge in [0.2, 0.25) is 0 Å². The van der Waals surface area contributed by atoms with Crippen LogP contribution in [0.3, 0.4) is 0 Å². The van der Waals surface area contributed by atoms with E-state index in [1.807, 2.05) is 0 Å². The minimum atomic E-state index is -1.06.